The average Bonchev–Trinajstić information content (AvgIpc) is 2.82. The van der Waals surface area contributed by atoms with E-state index in [-0.39, 0.29) is 5.91 Å². The maximum Gasteiger partial charge on any atom is 0.243 e. The lowest BCUT2D eigenvalue weighted by atomic mass is 10.1. The molecule has 1 aromatic carbocycles. The quantitative estimate of drug-likeness (QED) is 0.863. The maximum absolute atomic E-state index is 11.8. The third-order valence-corrected chi connectivity index (χ3v) is 3.08. The van der Waals surface area contributed by atoms with E-state index in [0.717, 1.165) is 17.0 Å². The normalized spacial score (nSPS) is 12.2. The van der Waals surface area contributed by atoms with Crippen molar-refractivity contribution in [3.8, 4) is 11.3 Å². The third kappa shape index (κ3) is 2.66. The van der Waals surface area contributed by atoms with Crippen LogP contribution in [0, 0.1) is 0 Å². The molecule has 1 unspecified atom stereocenters. The Balaban J connectivity index is 2.38. The molecule has 0 aliphatic carbocycles. The molecule has 2 rings (SSSR count). The molecule has 5 nitrogen and oxygen atoms in total. The molecule has 100 valence electrons. The first-order chi connectivity index (χ1) is 9.17. The maximum atomic E-state index is 11.8. The van der Waals surface area contributed by atoms with Gasteiger partial charge in [0, 0.05) is 19.7 Å². The Morgan fingerprint density at radius 3 is 2.53 bits per heavy atom. The number of hydrogen-bond acceptors (Lipinski definition) is 3. The van der Waals surface area contributed by atoms with E-state index in [9.17, 15) is 4.79 Å². The molecule has 1 aromatic heterocycles. The third-order valence-electron chi connectivity index (χ3n) is 3.08. The SMILES string of the molecule is CNC(=O)C(NC)c1cc(-c2ccccc2)nn1C. The van der Waals surface area contributed by atoms with Crippen LogP contribution < -0.4 is 10.6 Å². The van der Waals surface area contributed by atoms with E-state index in [0.29, 0.717) is 0 Å². The number of aryl methyl sites for hydroxylation is 1. The van der Waals surface area contributed by atoms with E-state index in [1.165, 1.54) is 0 Å². The number of rotatable bonds is 4. The Hall–Kier alpha value is -2.14. The van der Waals surface area contributed by atoms with Crippen LogP contribution in [-0.2, 0) is 11.8 Å². The van der Waals surface area contributed by atoms with Gasteiger partial charge in [-0.1, -0.05) is 30.3 Å². The molecule has 0 bridgehead atoms. The second kappa shape index (κ2) is 5.67. The lowest BCUT2D eigenvalue weighted by Crippen LogP contribution is -2.35. The molecule has 0 spiro atoms. The highest BCUT2D eigenvalue weighted by Crippen LogP contribution is 2.21. The Labute approximate surface area is 112 Å². The second-order valence-corrected chi connectivity index (χ2v) is 4.28. The molecule has 2 aromatic rings. The number of carbonyl (C=O) groups is 1. The number of benzene rings is 1. The standard InChI is InChI=1S/C14H18N4O/c1-15-13(14(19)16-2)12-9-11(17-18(12)3)10-7-5-4-6-8-10/h4-9,13,15H,1-3H3,(H,16,19). The van der Waals surface area contributed by atoms with Crippen molar-refractivity contribution in [2.75, 3.05) is 14.1 Å². The number of likely N-dealkylation sites (N-methyl/N-ethyl adjacent to an activating group) is 2. The molecule has 2 N–H and O–H groups in total. The predicted molar refractivity (Wildman–Crippen MR) is 74.5 cm³/mol. The highest BCUT2D eigenvalue weighted by molar-refractivity contribution is 5.82. The van der Waals surface area contributed by atoms with Crippen molar-refractivity contribution in [2.24, 2.45) is 7.05 Å². The van der Waals surface area contributed by atoms with Crippen LogP contribution in [0.15, 0.2) is 36.4 Å². The molecule has 1 atom stereocenters. The van der Waals surface area contributed by atoms with Crippen molar-refractivity contribution in [1.29, 1.82) is 0 Å². The Morgan fingerprint density at radius 1 is 1.26 bits per heavy atom. The first-order valence-electron chi connectivity index (χ1n) is 6.15. The highest BCUT2D eigenvalue weighted by Gasteiger charge is 2.22. The van der Waals surface area contributed by atoms with E-state index >= 15 is 0 Å². The average molecular weight is 258 g/mol. The topological polar surface area (TPSA) is 59.0 Å². The van der Waals surface area contributed by atoms with Gasteiger partial charge in [0.05, 0.1) is 11.4 Å². The number of aromatic nitrogens is 2. The summed E-state index contributed by atoms with van der Waals surface area (Å²) in [5.41, 5.74) is 2.74. The Kier molecular flexibility index (Phi) is 3.97. The summed E-state index contributed by atoms with van der Waals surface area (Å²) >= 11 is 0. The summed E-state index contributed by atoms with van der Waals surface area (Å²) in [6, 6.07) is 11.4. The van der Waals surface area contributed by atoms with Crippen LogP contribution >= 0.6 is 0 Å². The van der Waals surface area contributed by atoms with Crippen LogP contribution in [0.2, 0.25) is 0 Å². The molecular formula is C14H18N4O. The lowest BCUT2D eigenvalue weighted by Gasteiger charge is -2.14. The molecule has 0 fully saturated rings. The molecular weight excluding hydrogens is 240 g/mol. The fourth-order valence-electron chi connectivity index (χ4n) is 2.06. The zero-order chi connectivity index (χ0) is 13.8. The van der Waals surface area contributed by atoms with Gasteiger partial charge in [0.15, 0.2) is 0 Å². The number of nitrogens with one attached hydrogen (secondary N) is 2. The summed E-state index contributed by atoms with van der Waals surface area (Å²) in [4.78, 5) is 11.8. The molecule has 0 aliphatic rings. The van der Waals surface area contributed by atoms with E-state index in [2.05, 4.69) is 15.7 Å². The zero-order valence-corrected chi connectivity index (χ0v) is 11.3. The van der Waals surface area contributed by atoms with Crippen LogP contribution in [0.25, 0.3) is 11.3 Å². The van der Waals surface area contributed by atoms with E-state index in [1.54, 1.807) is 18.8 Å². The van der Waals surface area contributed by atoms with Crippen molar-refractivity contribution in [1.82, 2.24) is 20.4 Å². The van der Waals surface area contributed by atoms with Gasteiger partial charge in [-0.3, -0.25) is 9.48 Å². The lowest BCUT2D eigenvalue weighted by molar-refractivity contribution is -0.122. The van der Waals surface area contributed by atoms with Crippen LogP contribution in [-0.4, -0.2) is 29.8 Å². The van der Waals surface area contributed by atoms with Gasteiger partial charge in [-0.05, 0) is 13.1 Å². The zero-order valence-electron chi connectivity index (χ0n) is 11.3. The molecule has 0 radical (unpaired) electrons. The fraction of sp³-hybridized carbons (Fsp3) is 0.286. The molecule has 1 heterocycles. The summed E-state index contributed by atoms with van der Waals surface area (Å²) < 4.78 is 1.73. The minimum absolute atomic E-state index is 0.0786. The van der Waals surface area contributed by atoms with Crippen molar-refractivity contribution in [2.45, 2.75) is 6.04 Å². The van der Waals surface area contributed by atoms with Gasteiger partial charge < -0.3 is 10.6 Å². The van der Waals surface area contributed by atoms with Crippen LogP contribution in [0.1, 0.15) is 11.7 Å². The van der Waals surface area contributed by atoms with Crippen LogP contribution in [0.4, 0.5) is 0 Å². The van der Waals surface area contributed by atoms with Gasteiger partial charge in [0.25, 0.3) is 0 Å². The minimum atomic E-state index is -0.403. The molecule has 0 aliphatic heterocycles. The smallest absolute Gasteiger partial charge is 0.243 e. The first kappa shape index (κ1) is 13.3. The van der Waals surface area contributed by atoms with Crippen LogP contribution in [0.3, 0.4) is 0 Å². The van der Waals surface area contributed by atoms with Gasteiger partial charge in [0.1, 0.15) is 6.04 Å². The fourth-order valence-corrected chi connectivity index (χ4v) is 2.06. The molecule has 19 heavy (non-hydrogen) atoms. The monoisotopic (exact) mass is 258 g/mol. The van der Waals surface area contributed by atoms with Crippen LogP contribution in [0.5, 0.6) is 0 Å². The summed E-state index contributed by atoms with van der Waals surface area (Å²) in [7, 11) is 5.23. The predicted octanol–water partition coefficient (Wildman–Crippen LogP) is 1.09. The summed E-state index contributed by atoms with van der Waals surface area (Å²) in [6.07, 6.45) is 0. The molecule has 0 saturated heterocycles. The Morgan fingerprint density at radius 2 is 1.95 bits per heavy atom. The number of nitrogens with zero attached hydrogens (tertiary/aromatic N) is 2. The number of carbonyl (C=O) groups excluding carboxylic acids is 1. The van der Waals surface area contributed by atoms with Crippen molar-refractivity contribution in [3.05, 3.63) is 42.1 Å². The van der Waals surface area contributed by atoms with Gasteiger partial charge >= 0.3 is 0 Å². The van der Waals surface area contributed by atoms with Gasteiger partial charge in [-0.15, -0.1) is 0 Å². The second-order valence-electron chi connectivity index (χ2n) is 4.28. The van der Waals surface area contributed by atoms with E-state index in [4.69, 9.17) is 0 Å². The van der Waals surface area contributed by atoms with Crippen molar-refractivity contribution in [3.63, 3.8) is 0 Å². The first-order valence-corrected chi connectivity index (χ1v) is 6.15. The van der Waals surface area contributed by atoms with Crippen molar-refractivity contribution < 1.29 is 4.79 Å². The van der Waals surface area contributed by atoms with Crippen molar-refractivity contribution >= 4 is 5.91 Å². The highest BCUT2D eigenvalue weighted by atomic mass is 16.2. The van der Waals surface area contributed by atoms with E-state index < -0.39 is 6.04 Å². The van der Waals surface area contributed by atoms with E-state index in [1.807, 2.05) is 43.4 Å². The van der Waals surface area contributed by atoms with Gasteiger partial charge in [-0.25, -0.2) is 0 Å². The van der Waals surface area contributed by atoms with Gasteiger partial charge in [0.2, 0.25) is 5.91 Å². The molecule has 1 amide bonds. The minimum Gasteiger partial charge on any atom is -0.357 e. The molecule has 0 saturated carbocycles. The number of amides is 1. The summed E-state index contributed by atoms with van der Waals surface area (Å²) in [6.45, 7) is 0. The van der Waals surface area contributed by atoms with Gasteiger partial charge in [-0.2, -0.15) is 5.10 Å². The number of hydrogen-bond donors (Lipinski definition) is 2. The largest absolute Gasteiger partial charge is 0.357 e. The molecule has 5 heteroatoms. The summed E-state index contributed by atoms with van der Waals surface area (Å²) in [5, 5.41) is 10.1. The Bertz CT molecular complexity index is 562. The summed E-state index contributed by atoms with van der Waals surface area (Å²) in [5.74, 6) is -0.0786.